The number of allylic oxidation sites excluding steroid dienone is 1. The van der Waals surface area contributed by atoms with Crippen molar-refractivity contribution in [1.82, 2.24) is 19.5 Å². The number of hydrogen-bond donors (Lipinski definition) is 0. The number of benzene rings is 5. The third-order valence-electron chi connectivity index (χ3n) is 9.29. The quantitative estimate of drug-likeness (QED) is 0.198. The third-order valence-corrected chi connectivity index (χ3v) is 9.29. The highest BCUT2D eigenvalue weighted by molar-refractivity contribution is 6.19. The van der Waals surface area contributed by atoms with E-state index in [1.54, 1.807) is 0 Å². The Morgan fingerprint density at radius 2 is 1.34 bits per heavy atom. The van der Waals surface area contributed by atoms with Crippen LogP contribution in [0.25, 0.3) is 88.2 Å². The largest absolute Gasteiger partial charge is 0.307 e. The molecule has 0 atom stereocenters. The molecule has 10 rings (SSSR count). The summed E-state index contributed by atoms with van der Waals surface area (Å²) in [6, 6.07) is 36.9. The molecule has 0 spiro atoms. The van der Waals surface area contributed by atoms with Crippen molar-refractivity contribution >= 4 is 71.2 Å². The van der Waals surface area contributed by atoms with Crippen molar-refractivity contribution < 1.29 is 0 Å². The van der Waals surface area contributed by atoms with Crippen molar-refractivity contribution in [2.75, 3.05) is 0 Å². The first-order valence-electron chi connectivity index (χ1n) is 15.0. The van der Waals surface area contributed by atoms with Gasteiger partial charge in [0.1, 0.15) is 0 Å². The Kier molecular flexibility index (Phi) is 4.74. The summed E-state index contributed by atoms with van der Waals surface area (Å²) in [5.41, 5.74) is 10.0. The Morgan fingerprint density at radius 3 is 2.27 bits per heavy atom. The summed E-state index contributed by atoms with van der Waals surface area (Å²) in [6.45, 7) is 0. The summed E-state index contributed by atoms with van der Waals surface area (Å²) < 4.78 is 2.43. The molecule has 0 saturated heterocycles. The van der Waals surface area contributed by atoms with Crippen LogP contribution < -0.4 is 0 Å². The lowest BCUT2D eigenvalue weighted by atomic mass is 9.90. The minimum Gasteiger partial charge on any atom is -0.307 e. The Labute approximate surface area is 252 Å². The van der Waals surface area contributed by atoms with Crippen LogP contribution in [-0.4, -0.2) is 19.5 Å². The van der Waals surface area contributed by atoms with Crippen LogP contribution in [0.4, 0.5) is 0 Å². The molecule has 4 heteroatoms. The molecule has 204 valence electrons. The first kappa shape index (κ1) is 23.7. The van der Waals surface area contributed by atoms with Crippen LogP contribution >= 0.6 is 0 Å². The van der Waals surface area contributed by atoms with Crippen molar-refractivity contribution in [2.24, 2.45) is 0 Å². The fourth-order valence-electron chi connectivity index (χ4n) is 7.49. The number of fused-ring (bicyclic) bond motifs is 8. The van der Waals surface area contributed by atoms with Crippen LogP contribution in [0.2, 0.25) is 0 Å². The second-order valence-electron chi connectivity index (χ2n) is 11.6. The predicted molar refractivity (Wildman–Crippen MR) is 182 cm³/mol. The summed E-state index contributed by atoms with van der Waals surface area (Å²) in [7, 11) is 0. The van der Waals surface area contributed by atoms with Crippen LogP contribution in [0, 0.1) is 0 Å². The predicted octanol–water partition coefficient (Wildman–Crippen LogP) is 9.82. The second kappa shape index (κ2) is 8.82. The molecule has 0 amide bonds. The number of para-hydroxylation sites is 1. The maximum atomic E-state index is 5.25. The van der Waals surface area contributed by atoms with Gasteiger partial charge in [0.2, 0.25) is 0 Å². The van der Waals surface area contributed by atoms with E-state index in [1.807, 2.05) is 24.5 Å². The molecule has 1 aliphatic rings. The molecule has 4 aromatic heterocycles. The van der Waals surface area contributed by atoms with E-state index < -0.39 is 0 Å². The Morgan fingerprint density at radius 1 is 0.568 bits per heavy atom. The van der Waals surface area contributed by atoms with Gasteiger partial charge in [0.15, 0.2) is 0 Å². The molecule has 4 nitrogen and oxygen atoms in total. The van der Waals surface area contributed by atoms with E-state index in [2.05, 4.69) is 119 Å². The van der Waals surface area contributed by atoms with Gasteiger partial charge >= 0.3 is 0 Å². The average molecular weight is 561 g/mol. The van der Waals surface area contributed by atoms with Gasteiger partial charge in [0.25, 0.3) is 0 Å². The highest BCUT2D eigenvalue weighted by atomic mass is 15.0. The van der Waals surface area contributed by atoms with Gasteiger partial charge in [-0.15, -0.1) is 0 Å². The van der Waals surface area contributed by atoms with E-state index in [1.165, 1.54) is 43.7 Å². The first-order valence-corrected chi connectivity index (χ1v) is 15.0. The average Bonchev–Trinajstić information content (AvgIpc) is 3.42. The zero-order chi connectivity index (χ0) is 28.8. The summed E-state index contributed by atoms with van der Waals surface area (Å²) >= 11 is 0. The highest BCUT2D eigenvalue weighted by Crippen LogP contribution is 2.43. The third kappa shape index (κ3) is 3.14. The fourth-order valence-corrected chi connectivity index (χ4v) is 7.49. The summed E-state index contributed by atoms with van der Waals surface area (Å²) in [5.74, 6) is 0. The molecular formula is C40H24N4. The van der Waals surface area contributed by atoms with Gasteiger partial charge in [-0.05, 0) is 58.7 Å². The zero-order valence-electron chi connectivity index (χ0n) is 23.7. The monoisotopic (exact) mass is 560 g/mol. The molecule has 0 aliphatic heterocycles. The van der Waals surface area contributed by atoms with Gasteiger partial charge < -0.3 is 4.57 Å². The molecule has 0 N–H and O–H groups in total. The molecule has 5 aromatic carbocycles. The first-order chi connectivity index (χ1) is 21.8. The molecule has 0 bridgehead atoms. The van der Waals surface area contributed by atoms with Crippen LogP contribution in [0.15, 0.2) is 128 Å². The van der Waals surface area contributed by atoms with E-state index in [0.717, 1.165) is 55.9 Å². The van der Waals surface area contributed by atoms with Crippen LogP contribution in [0.3, 0.4) is 0 Å². The summed E-state index contributed by atoms with van der Waals surface area (Å²) in [5, 5.41) is 9.62. The topological polar surface area (TPSA) is 43.6 Å². The van der Waals surface area contributed by atoms with Gasteiger partial charge in [0, 0.05) is 50.3 Å². The second-order valence-corrected chi connectivity index (χ2v) is 11.6. The standard InChI is InChI=1S/C40H24N4/c1-2-14-28-27(13-1)35(23-43-39(28)32-21-26-12-7-19-41-38(26)40-29(32)17-8-20-42-40)44-33-18-4-3-15-30(33)37-31-16-6-10-24-9-5-11-25(36(24)31)22-34(37)44/h1-15,17-23H,16H2. The number of hydrogen-bond acceptors (Lipinski definition) is 3. The maximum Gasteiger partial charge on any atom is 0.0971 e. The molecule has 0 unspecified atom stereocenters. The Balaban J connectivity index is 1.32. The number of pyridine rings is 3. The molecule has 1 aliphatic carbocycles. The maximum absolute atomic E-state index is 5.25. The lowest BCUT2D eigenvalue weighted by Gasteiger charge is -2.17. The van der Waals surface area contributed by atoms with Gasteiger partial charge in [-0.1, -0.05) is 84.9 Å². The fraction of sp³-hybridized carbons (Fsp3) is 0.0250. The zero-order valence-corrected chi connectivity index (χ0v) is 23.7. The van der Waals surface area contributed by atoms with E-state index >= 15 is 0 Å². The van der Waals surface area contributed by atoms with E-state index in [-0.39, 0.29) is 0 Å². The van der Waals surface area contributed by atoms with E-state index in [4.69, 9.17) is 9.97 Å². The minimum absolute atomic E-state index is 0.896. The summed E-state index contributed by atoms with van der Waals surface area (Å²) in [4.78, 5) is 14.7. The molecule has 44 heavy (non-hydrogen) atoms. The highest BCUT2D eigenvalue weighted by Gasteiger charge is 2.22. The lowest BCUT2D eigenvalue weighted by molar-refractivity contribution is 1.16. The Hall–Kier alpha value is -5.87. The molecule has 0 fully saturated rings. The van der Waals surface area contributed by atoms with Crippen LogP contribution in [-0.2, 0) is 6.42 Å². The molecule has 4 heterocycles. The summed E-state index contributed by atoms with van der Waals surface area (Å²) in [6.07, 6.45) is 11.2. The van der Waals surface area contributed by atoms with Gasteiger partial charge in [-0.2, -0.15) is 0 Å². The van der Waals surface area contributed by atoms with Gasteiger partial charge in [0.05, 0.1) is 39.6 Å². The number of rotatable bonds is 2. The van der Waals surface area contributed by atoms with Crippen molar-refractivity contribution in [1.29, 1.82) is 0 Å². The SMILES string of the molecule is C1=Cc2cccc3cc4c(c(c23)C1)c1ccccc1n4-c1cnc(-c2cc3cccnc3c3ncccc23)c2ccccc12. The van der Waals surface area contributed by atoms with Crippen LogP contribution in [0.5, 0.6) is 0 Å². The molecule has 0 saturated carbocycles. The minimum atomic E-state index is 0.896. The molecular weight excluding hydrogens is 536 g/mol. The Bertz CT molecular complexity index is 2700. The van der Waals surface area contributed by atoms with Crippen molar-refractivity contribution in [3.8, 4) is 16.9 Å². The van der Waals surface area contributed by atoms with Gasteiger partial charge in [-0.25, -0.2) is 0 Å². The molecule has 0 radical (unpaired) electrons. The number of nitrogens with zero attached hydrogens (tertiary/aromatic N) is 4. The van der Waals surface area contributed by atoms with Crippen molar-refractivity contribution in [2.45, 2.75) is 6.42 Å². The normalized spacial score (nSPS) is 12.8. The van der Waals surface area contributed by atoms with Crippen molar-refractivity contribution in [3.05, 3.63) is 139 Å². The molecule has 9 aromatic rings. The van der Waals surface area contributed by atoms with E-state index in [0.29, 0.717) is 0 Å². The van der Waals surface area contributed by atoms with Crippen molar-refractivity contribution in [3.63, 3.8) is 0 Å². The van der Waals surface area contributed by atoms with Gasteiger partial charge in [-0.3, -0.25) is 15.0 Å². The van der Waals surface area contributed by atoms with Crippen LogP contribution in [0.1, 0.15) is 11.1 Å². The van der Waals surface area contributed by atoms with E-state index in [9.17, 15) is 0 Å². The lowest BCUT2D eigenvalue weighted by Crippen LogP contribution is -2.00. The smallest absolute Gasteiger partial charge is 0.0971 e. The number of aromatic nitrogens is 4.